The molecule has 8 amide bonds. The zero-order valence-corrected chi connectivity index (χ0v) is 75.9. The number of carbonyl (C=O) groups excluding carboxylic acids is 8. The number of amidine groups is 4. The fourth-order valence-corrected chi connectivity index (χ4v) is 15.1. The van der Waals surface area contributed by atoms with Crippen LogP contribution in [-0.4, -0.2) is 177 Å². The molecular formula is C97H88BrCl4FN20O9. The Morgan fingerprint density at radius 1 is 0.356 bits per heavy atom. The van der Waals surface area contributed by atoms with Crippen LogP contribution < -0.4 is 47.3 Å². The third kappa shape index (κ3) is 25.5. The van der Waals surface area contributed by atoms with Gasteiger partial charge in [0.05, 0.1) is 79.3 Å². The molecule has 11 N–H and O–H groups in total. The van der Waals surface area contributed by atoms with Crippen molar-refractivity contribution in [1.29, 1.82) is 16.2 Å². The molecule has 3 fully saturated rings. The first-order chi connectivity index (χ1) is 63.8. The van der Waals surface area contributed by atoms with Crippen LogP contribution in [0.5, 0.6) is 5.75 Å². The summed E-state index contributed by atoms with van der Waals surface area (Å²) in [6, 6.07) is 61.3. The summed E-state index contributed by atoms with van der Waals surface area (Å²) in [6.07, 6.45) is 13.7. The van der Waals surface area contributed by atoms with Gasteiger partial charge in [0.1, 0.15) is 58.2 Å². The number of amides is 8. The molecule has 8 heterocycles. The van der Waals surface area contributed by atoms with E-state index >= 15 is 0 Å². The predicted octanol–water partition coefficient (Wildman–Crippen LogP) is 19.2. The van der Waals surface area contributed by atoms with Gasteiger partial charge in [-0.3, -0.25) is 59.6 Å². The number of hydrogen-bond donors (Lipinski definition) is 11. The quantitative estimate of drug-likeness (QED) is 0.0235. The normalized spacial score (nSPS) is 13.0. The topological polar surface area (TPSA) is 390 Å². The molecule has 672 valence electrons. The lowest BCUT2D eigenvalue weighted by molar-refractivity contribution is 0.100. The van der Waals surface area contributed by atoms with E-state index in [1.165, 1.54) is 62.5 Å². The Hall–Kier alpha value is -14.6. The lowest BCUT2D eigenvalue weighted by Crippen LogP contribution is -2.35. The summed E-state index contributed by atoms with van der Waals surface area (Å²) in [5.41, 5.74) is 6.19. The summed E-state index contributed by atoms with van der Waals surface area (Å²) in [5, 5.41) is 48.4. The maximum Gasteiger partial charge on any atom is 0.259 e. The first-order valence-electron chi connectivity index (χ1n) is 41.8. The number of aromatic nitrogens is 4. The Labute approximate surface area is 788 Å². The minimum Gasteiger partial charge on any atom is -0.494 e. The molecule has 0 unspecified atom stereocenters. The number of carbonyl (C=O) groups is 8. The number of aliphatic imine (C=N–C) groups is 1. The number of para-hydroxylation sites is 3. The Morgan fingerprint density at radius 3 is 1.03 bits per heavy atom. The number of nitrogens with one attached hydrogen (secondary N) is 11. The molecule has 8 aromatic carbocycles. The van der Waals surface area contributed by atoms with Gasteiger partial charge in [0.25, 0.3) is 47.3 Å². The smallest absolute Gasteiger partial charge is 0.259 e. The third-order valence-corrected chi connectivity index (χ3v) is 22.6. The minimum atomic E-state index is -0.768. The second-order valence-corrected chi connectivity index (χ2v) is 32.9. The van der Waals surface area contributed by atoms with Crippen molar-refractivity contribution in [2.24, 2.45) is 4.99 Å². The number of halogens is 6. The van der Waals surface area contributed by atoms with E-state index in [2.05, 4.69) is 88.3 Å². The van der Waals surface area contributed by atoms with Crippen molar-refractivity contribution in [3.63, 3.8) is 0 Å². The zero-order chi connectivity index (χ0) is 93.3. The van der Waals surface area contributed by atoms with Gasteiger partial charge in [0.2, 0.25) is 0 Å². The van der Waals surface area contributed by atoms with E-state index in [-0.39, 0.29) is 57.0 Å². The molecule has 0 bridgehead atoms. The highest BCUT2D eigenvalue weighted by Gasteiger charge is 2.27. The van der Waals surface area contributed by atoms with Gasteiger partial charge in [-0.05, 0) is 200 Å². The van der Waals surface area contributed by atoms with Crippen LogP contribution in [0.4, 0.5) is 50.4 Å². The van der Waals surface area contributed by atoms with E-state index in [4.69, 9.17) is 67.4 Å². The highest BCUT2D eigenvalue weighted by atomic mass is 79.9. The Balaban J connectivity index is 0.000000150. The van der Waals surface area contributed by atoms with Gasteiger partial charge in [-0.15, -0.1) is 0 Å². The molecule has 0 aliphatic carbocycles. The molecule has 132 heavy (non-hydrogen) atoms. The van der Waals surface area contributed by atoms with E-state index in [1.54, 1.807) is 200 Å². The van der Waals surface area contributed by atoms with Crippen molar-refractivity contribution >= 4 is 179 Å². The number of piperidine rings is 1. The fourth-order valence-electron chi connectivity index (χ4n) is 14.3. The van der Waals surface area contributed by atoms with E-state index in [9.17, 15) is 42.7 Å². The Morgan fingerprint density at radius 2 is 0.697 bits per heavy atom. The van der Waals surface area contributed by atoms with Crippen LogP contribution in [0.15, 0.2) is 259 Å². The molecule has 16 rings (SSSR count). The number of rotatable bonds is 21. The summed E-state index contributed by atoms with van der Waals surface area (Å²) >= 11 is 27.0. The Bertz CT molecular complexity index is 6110. The van der Waals surface area contributed by atoms with Crippen molar-refractivity contribution in [2.75, 3.05) is 109 Å². The first-order valence-corrected chi connectivity index (χ1v) is 44.1. The number of hydrogen-bond acceptors (Lipinski definition) is 18. The zero-order valence-electron chi connectivity index (χ0n) is 71.2. The van der Waals surface area contributed by atoms with Crippen LogP contribution in [0.1, 0.15) is 150 Å². The molecule has 0 atom stereocenters. The lowest BCUT2D eigenvalue weighted by atomic mass is 10.1. The van der Waals surface area contributed by atoms with E-state index in [0.717, 1.165) is 106 Å². The number of ether oxygens (including phenoxy) is 1. The Kier molecular flexibility index (Phi) is 32.8. The number of pyridine rings is 4. The van der Waals surface area contributed by atoms with Crippen LogP contribution in [0.3, 0.4) is 0 Å². The van der Waals surface area contributed by atoms with Gasteiger partial charge in [-0.1, -0.05) is 125 Å². The van der Waals surface area contributed by atoms with Crippen LogP contribution in [0.2, 0.25) is 20.1 Å². The maximum absolute atomic E-state index is 14.9. The van der Waals surface area contributed by atoms with Crippen LogP contribution in [0, 0.1) is 22.0 Å². The summed E-state index contributed by atoms with van der Waals surface area (Å²) in [4.78, 5) is 131. The molecule has 29 nitrogen and oxygen atoms in total. The molecule has 12 aromatic rings. The van der Waals surface area contributed by atoms with E-state index < -0.39 is 29.4 Å². The summed E-state index contributed by atoms with van der Waals surface area (Å²) < 4.78 is 21.1. The van der Waals surface area contributed by atoms with Crippen LogP contribution >= 0.6 is 62.3 Å². The molecule has 0 radical (unpaired) electrons. The van der Waals surface area contributed by atoms with Crippen molar-refractivity contribution in [1.82, 2.24) is 39.5 Å². The van der Waals surface area contributed by atoms with Crippen molar-refractivity contribution in [3.05, 3.63) is 346 Å². The number of benzene rings is 8. The van der Waals surface area contributed by atoms with Crippen molar-refractivity contribution in [3.8, 4) is 5.75 Å². The number of methoxy groups -OCH3 is 1. The standard InChI is InChI=1S/C25H24ClN5O2.C24H22BrN5O2.C24H20Cl2FN5O3.C24H22ClN5O2/c26-19-12-13-22(28-16-19)30-25(33)20-6-2-3-7-21(20)29-24(32)18-10-8-17(9-11-18)23(27)31-14-4-1-5-15-31;25-18-11-12-21(27-15-18)29-24(32)19-5-1-2-6-20(19)28-23(31)17-9-7-16(8-10-17)22(26)30-13-3-4-14-30;1-32-8-7-28-22(32)13-3-5-16(18(27)9-13)23(33)31-21-17(10-15(26)11-19(21)35-2)24(34)30-20-6-4-14(25)12-29-20;25-18-11-12-21(27-15-18)29-24(32)19-5-1-2-6-20(19)28-23(31)17-9-7-16(8-10-17)22(26)30-13-3-4-14-30/h2-3,6-13,16,27H,1,4-5,14-15H2,(H,29,32)(H,28,30,33);1-2,5-12,15,26H,3-4,13-14H2,(H,28,31)(H,27,29,32);3-6,9-12H,7-8H2,1-2H3,(H,31,33)(H,29,30,34);1-2,5-12,15,26H,3-4,13-14H2,(H,28,31)(H,27,29,32). The second-order valence-electron chi connectivity index (χ2n) is 30.3. The second kappa shape index (κ2) is 45.6. The van der Waals surface area contributed by atoms with E-state index in [1.807, 2.05) is 21.7 Å². The average Bonchev–Trinajstić information content (AvgIpc) is 1.02. The number of likely N-dealkylation sites (N-methyl/N-ethyl adjacent to an activating group) is 1. The van der Waals surface area contributed by atoms with Gasteiger partial charge in [-0.25, -0.2) is 24.3 Å². The SMILES string of the molecule is COc1cc(Cl)cc(C(=O)Nc2ccc(Cl)cn2)c1NC(=O)c1ccc(C2=NCCN2C)cc1F.N=C(c1ccc(C(=O)Nc2ccccc2C(=O)Nc2ccc(Br)cn2)cc1)N1CCCC1.N=C(c1ccc(C(=O)Nc2ccccc2C(=O)Nc2ccc(Cl)cn2)cc1)N1CCCC1.N=C(c1ccc(C(=O)Nc2ccccc2C(=O)Nc2ccc(Cl)cn2)cc1)N1CCCCC1. The molecule has 0 spiro atoms. The monoisotopic (exact) mass is 1910 g/mol. The predicted molar refractivity (Wildman–Crippen MR) is 518 cm³/mol. The lowest BCUT2D eigenvalue weighted by Gasteiger charge is -2.29. The maximum atomic E-state index is 14.9. The molecule has 35 heteroatoms. The summed E-state index contributed by atoms with van der Waals surface area (Å²) in [6.45, 7) is 6.74. The highest BCUT2D eigenvalue weighted by molar-refractivity contribution is 9.10. The largest absolute Gasteiger partial charge is 0.494 e. The van der Waals surface area contributed by atoms with Gasteiger partial charge < -0.3 is 66.9 Å². The van der Waals surface area contributed by atoms with E-state index in [0.29, 0.717) is 118 Å². The molecule has 4 aromatic heterocycles. The van der Waals surface area contributed by atoms with Crippen molar-refractivity contribution < 1.29 is 47.5 Å². The summed E-state index contributed by atoms with van der Waals surface area (Å²) in [7, 11) is 3.22. The van der Waals surface area contributed by atoms with Gasteiger partial charge >= 0.3 is 0 Å². The van der Waals surface area contributed by atoms with Gasteiger partial charge in [0, 0.05) is 132 Å². The number of anilines is 8. The van der Waals surface area contributed by atoms with Crippen LogP contribution in [-0.2, 0) is 0 Å². The van der Waals surface area contributed by atoms with Crippen molar-refractivity contribution in [2.45, 2.75) is 44.9 Å². The number of nitrogens with zero attached hydrogens (tertiary/aromatic N) is 9. The molecule has 4 aliphatic rings. The summed E-state index contributed by atoms with van der Waals surface area (Å²) in [5.74, 6) is -0.691. The fraction of sp³-hybridized carbons (Fsp3) is 0.175. The molecule has 4 aliphatic heterocycles. The molecular weight excluding hydrogens is 1830 g/mol. The van der Waals surface area contributed by atoms with Gasteiger partial charge in [0.15, 0.2) is 0 Å². The number of likely N-dealkylation sites (tertiary alicyclic amines) is 3. The average molecular weight is 1920 g/mol. The minimum absolute atomic E-state index is 0.00147. The molecule has 3 saturated heterocycles. The van der Waals surface area contributed by atoms with Crippen LogP contribution in [0.25, 0.3) is 0 Å². The third-order valence-electron chi connectivity index (χ3n) is 21.2. The molecule has 0 saturated carbocycles. The van der Waals surface area contributed by atoms with Gasteiger partial charge in [-0.2, -0.15) is 0 Å². The first kappa shape index (κ1) is 95.0. The highest BCUT2D eigenvalue weighted by Crippen LogP contribution is 2.35.